The summed E-state index contributed by atoms with van der Waals surface area (Å²) in [5.74, 6) is 0. The summed E-state index contributed by atoms with van der Waals surface area (Å²) in [5, 5.41) is 8.09. The molecular weight excluding hydrogens is 490 g/mol. The quantitative estimate of drug-likeness (QED) is 0.144. The summed E-state index contributed by atoms with van der Waals surface area (Å²) in [5.41, 5.74) is 1.35. The van der Waals surface area contributed by atoms with Gasteiger partial charge in [0.2, 0.25) is 0 Å². The average molecular weight is 517 g/mol. The molecule has 0 N–H and O–H groups in total. The van der Waals surface area contributed by atoms with Crippen LogP contribution in [0.25, 0.3) is 32.3 Å². The van der Waals surface area contributed by atoms with Crippen LogP contribution in [0.15, 0.2) is 91.0 Å². The largest absolute Gasteiger partial charge is 2.00 e. The first-order valence-corrected chi connectivity index (χ1v) is 11.0. The van der Waals surface area contributed by atoms with Crippen molar-refractivity contribution in [2.45, 2.75) is 20.0 Å². The Balaban J connectivity index is 0.000000446. The second kappa shape index (κ2) is 13.9. The van der Waals surface area contributed by atoms with E-state index in [0.717, 1.165) is 9.52 Å². The van der Waals surface area contributed by atoms with E-state index in [0.29, 0.717) is 0 Å². The molecule has 5 aromatic carbocycles. The Kier molecular flexibility index (Phi) is 13.4. The summed E-state index contributed by atoms with van der Waals surface area (Å²) in [6.07, 6.45) is 0. The fraction of sp³-hybridized carbons (Fsp3) is 0.120. The van der Waals surface area contributed by atoms with E-state index in [1.165, 1.54) is 37.9 Å². The molecule has 5 rings (SSSR count). The number of benzene rings is 3. The van der Waals surface area contributed by atoms with Crippen LogP contribution in [-0.4, -0.2) is 9.52 Å². The van der Waals surface area contributed by atoms with E-state index in [4.69, 9.17) is 0 Å². The predicted molar refractivity (Wildman–Crippen MR) is 133 cm³/mol. The minimum Gasteiger partial charge on any atom is -0.165 e. The monoisotopic (exact) mass is 514 g/mol. The molecule has 0 spiro atoms. The zero-order valence-corrected chi connectivity index (χ0v) is 22.1. The van der Waals surface area contributed by atoms with Crippen LogP contribution in [-0.2, 0) is 26.2 Å². The normalized spacial score (nSPS) is 9.21. The van der Waals surface area contributed by atoms with Crippen LogP contribution in [0, 0.1) is 6.92 Å². The van der Waals surface area contributed by atoms with Crippen molar-refractivity contribution in [1.82, 2.24) is 0 Å². The Morgan fingerprint density at radius 2 is 1.03 bits per heavy atom. The van der Waals surface area contributed by atoms with Crippen molar-refractivity contribution in [1.29, 1.82) is 0 Å². The Labute approximate surface area is 208 Å². The Hall–Kier alpha value is -1.18. The summed E-state index contributed by atoms with van der Waals surface area (Å²) in [4.78, 5) is 0. The Bertz CT molecular complexity index is 1030. The molecule has 0 aliphatic carbocycles. The van der Waals surface area contributed by atoms with Gasteiger partial charge in [0.1, 0.15) is 0 Å². The number of fused-ring (bicyclic) bond motifs is 4. The first kappa shape index (κ1) is 27.8. The number of rotatable bonds is 0. The molecule has 148 valence electrons. The Morgan fingerprint density at radius 3 is 1.52 bits per heavy atom. The fourth-order valence-electron chi connectivity index (χ4n) is 3.21. The molecule has 0 unspecified atom stereocenters. The number of halogens is 2. The van der Waals surface area contributed by atoms with E-state index in [1.54, 1.807) is 0 Å². The van der Waals surface area contributed by atoms with E-state index in [-0.39, 0.29) is 51.0 Å². The molecule has 0 saturated heterocycles. The number of hydrogen-bond donors (Lipinski definition) is 0. The molecule has 2 radical (unpaired) electrons. The average Bonchev–Trinajstić information content (AvgIpc) is 3.22. The summed E-state index contributed by atoms with van der Waals surface area (Å²) in [7, 11) is 1.08. The van der Waals surface area contributed by atoms with Crippen molar-refractivity contribution in [2.24, 2.45) is 0 Å². The maximum Gasteiger partial charge on any atom is 2.00 e. The molecule has 0 heterocycles. The van der Waals surface area contributed by atoms with Crippen LogP contribution in [0.4, 0.5) is 0 Å². The van der Waals surface area contributed by atoms with Crippen LogP contribution >= 0.6 is 24.8 Å². The third-order valence-electron chi connectivity index (χ3n) is 4.29. The van der Waals surface area contributed by atoms with Crippen LogP contribution in [0.1, 0.15) is 5.56 Å². The SMILES string of the molecule is C[Si]C.Cc1cc2ccccc2[cH-]1.Cl.Cl.[Zr+2].c1ccc2c(c1)[cH-]c1ccccc12. The van der Waals surface area contributed by atoms with Crippen LogP contribution in [0.3, 0.4) is 0 Å². The summed E-state index contributed by atoms with van der Waals surface area (Å²) in [6, 6.07) is 32.1. The van der Waals surface area contributed by atoms with Gasteiger partial charge in [-0.25, -0.2) is 0 Å². The minimum absolute atomic E-state index is 0. The molecule has 0 bridgehead atoms. The van der Waals surface area contributed by atoms with Gasteiger partial charge in [0, 0.05) is 9.52 Å². The maximum atomic E-state index is 2.24. The molecule has 29 heavy (non-hydrogen) atoms. The second-order valence-electron chi connectivity index (χ2n) is 6.48. The van der Waals surface area contributed by atoms with Gasteiger partial charge in [-0.05, 0) is 0 Å². The first-order chi connectivity index (χ1) is 12.7. The van der Waals surface area contributed by atoms with Crippen molar-refractivity contribution in [3.8, 4) is 0 Å². The third kappa shape index (κ3) is 7.23. The minimum atomic E-state index is 0. The zero-order valence-electron chi connectivity index (χ0n) is 17.0. The molecule has 0 saturated carbocycles. The zero-order chi connectivity index (χ0) is 18.4. The maximum absolute atomic E-state index is 2.24. The van der Waals surface area contributed by atoms with Gasteiger partial charge in [-0.2, -0.15) is 6.07 Å². The summed E-state index contributed by atoms with van der Waals surface area (Å²) < 4.78 is 0. The fourth-order valence-corrected chi connectivity index (χ4v) is 3.21. The molecule has 4 heteroatoms. The van der Waals surface area contributed by atoms with Gasteiger partial charge in [0.25, 0.3) is 0 Å². The van der Waals surface area contributed by atoms with Crippen molar-refractivity contribution in [3.63, 3.8) is 0 Å². The molecular formula is C25H26Cl2SiZr. The van der Waals surface area contributed by atoms with Gasteiger partial charge in [-0.15, -0.1) is 105 Å². The van der Waals surface area contributed by atoms with Crippen LogP contribution in [0.5, 0.6) is 0 Å². The van der Waals surface area contributed by atoms with E-state index in [1.807, 2.05) is 0 Å². The van der Waals surface area contributed by atoms with Gasteiger partial charge >= 0.3 is 26.2 Å². The van der Waals surface area contributed by atoms with Crippen molar-refractivity contribution in [2.75, 3.05) is 0 Å². The molecule has 0 aliphatic rings. The number of aryl methyl sites for hydroxylation is 1. The van der Waals surface area contributed by atoms with Gasteiger partial charge in [0.15, 0.2) is 0 Å². The van der Waals surface area contributed by atoms with E-state index >= 15 is 0 Å². The van der Waals surface area contributed by atoms with Crippen molar-refractivity contribution < 1.29 is 26.2 Å². The number of hydrogen-bond acceptors (Lipinski definition) is 0. The van der Waals surface area contributed by atoms with Gasteiger partial charge in [-0.3, -0.25) is 0 Å². The third-order valence-corrected chi connectivity index (χ3v) is 4.29. The van der Waals surface area contributed by atoms with Gasteiger partial charge in [-0.1, -0.05) is 62.5 Å². The molecule has 0 aliphatic heterocycles. The summed E-state index contributed by atoms with van der Waals surface area (Å²) in [6.45, 7) is 6.43. The molecule has 0 atom stereocenters. The van der Waals surface area contributed by atoms with E-state index in [9.17, 15) is 0 Å². The van der Waals surface area contributed by atoms with Gasteiger partial charge in [0.05, 0.1) is 0 Å². The van der Waals surface area contributed by atoms with Gasteiger partial charge < -0.3 is 0 Å². The first-order valence-electron chi connectivity index (χ1n) is 8.96. The molecule has 0 nitrogen and oxygen atoms in total. The molecule has 0 fully saturated rings. The summed E-state index contributed by atoms with van der Waals surface area (Å²) >= 11 is 0. The van der Waals surface area contributed by atoms with Crippen molar-refractivity contribution in [3.05, 3.63) is 96.6 Å². The van der Waals surface area contributed by atoms with Crippen molar-refractivity contribution >= 4 is 66.7 Å². The predicted octanol–water partition coefficient (Wildman–Crippen LogP) is 8.21. The second-order valence-corrected chi connectivity index (χ2v) is 7.48. The van der Waals surface area contributed by atoms with Crippen LogP contribution < -0.4 is 0 Å². The smallest absolute Gasteiger partial charge is 0.165 e. The standard InChI is InChI=1S/C13H9.C10H9.C2H6Si.2ClH.Zr/c1-3-7-12-10(5-1)9-11-6-2-4-8-13(11)12;1-8-6-9-4-2-3-5-10(9)7-8;1-3-2;;;/h1-9H;2-7H,1H3;1-2H3;2*1H;/q2*-1;;;;+2. The molecule has 5 aromatic rings. The van der Waals surface area contributed by atoms with E-state index in [2.05, 4.69) is 111 Å². The molecule has 0 amide bonds. The topological polar surface area (TPSA) is 0 Å². The molecule has 0 aromatic heterocycles. The Morgan fingerprint density at radius 1 is 0.621 bits per heavy atom. The van der Waals surface area contributed by atoms with E-state index < -0.39 is 0 Å². The van der Waals surface area contributed by atoms with Crippen LogP contribution in [0.2, 0.25) is 13.1 Å².